The molecular weight excluding hydrogens is 312 g/mol. The number of hydrogen-bond donors (Lipinski definition) is 0. The number of pyridine rings is 2. The van der Waals surface area contributed by atoms with Crippen molar-refractivity contribution in [3.63, 3.8) is 0 Å². The minimum Gasteiger partial charge on any atom is -0.496 e. The third-order valence-electron chi connectivity index (χ3n) is 4.55. The van der Waals surface area contributed by atoms with E-state index in [9.17, 15) is 5.26 Å². The highest BCUT2D eigenvalue weighted by Gasteiger charge is 2.18. The van der Waals surface area contributed by atoms with E-state index in [0.29, 0.717) is 5.56 Å². The van der Waals surface area contributed by atoms with E-state index in [0.717, 1.165) is 44.5 Å². The molecule has 0 bridgehead atoms. The molecule has 5 nitrogen and oxygen atoms in total. The maximum absolute atomic E-state index is 9.57. The zero-order valence-electron chi connectivity index (χ0n) is 14.2. The van der Waals surface area contributed by atoms with Crippen molar-refractivity contribution in [3.8, 4) is 17.5 Å². The second kappa shape index (κ2) is 5.60. The molecule has 0 aliphatic carbocycles. The van der Waals surface area contributed by atoms with Gasteiger partial charge in [-0.05, 0) is 37.6 Å². The van der Waals surface area contributed by atoms with Gasteiger partial charge in [0.25, 0.3) is 0 Å². The van der Waals surface area contributed by atoms with E-state index >= 15 is 0 Å². The summed E-state index contributed by atoms with van der Waals surface area (Å²) in [5, 5.41) is 10.4. The molecule has 0 atom stereocenters. The monoisotopic (exact) mass is 328 g/mol. The topological polar surface area (TPSA) is 63.7 Å². The van der Waals surface area contributed by atoms with E-state index in [1.807, 2.05) is 42.0 Å². The molecular formula is C20H16N4O. The first-order chi connectivity index (χ1) is 12.2. The van der Waals surface area contributed by atoms with Crippen LogP contribution in [0.4, 0.5) is 0 Å². The summed E-state index contributed by atoms with van der Waals surface area (Å²) in [5.74, 6) is 0.812. The SMILES string of the molecule is COc1ccc(C)c(-n2cc(C#N)c3cnc4cccnc4c32)c1C. The molecule has 3 aromatic heterocycles. The van der Waals surface area contributed by atoms with Crippen LogP contribution in [-0.4, -0.2) is 21.6 Å². The van der Waals surface area contributed by atoms with Crippen LogP contribution in [0.3, 0.4) is 0 Å². The molecule has 0 spiro atoms. The lowest BCUT2D eigenvalue weighted by Crippen LogP contribution is -2.02. The smallest absolute Gasteiger partial charge is 0.123 e. The highest BCUT2D eigenvalue weighted by Crippen LogP contribution is 2.34. The molecule has 3 heterocycles. The van der Waals surface area contributed by atoms with Crippen molar-refractivity contribution in [2.45, 2.75) is 13.8 Å². The average Bonchev–Trinajstić information content (AvgIpc) is 3.01. The summed E-state index contributed by atoms with van der Waals surface area (Å²) >= 11 is 0. The fourth-order valence-electron chi connectivity index (χ4n) is 3.38. The number of nitrogens with zero attached hydrogens (tertiary/aromatic N) is 4. The number of hydrogen-bond acceptors (Lipinski definition) is 4. The molecule has 1 aromatic carbocycles. The summed E-state index contributed by atoms with van der Waals surface area (Å²) in [6.07, 6.45) is 5.35. The second-order valence-corrected chi connectivity index (χ2v) is 5.97. The van der Waals surface area contributed by atoms with Gasteiger partial charge in [-0.2, -0.15) is 5.26 Å². The molecule has 4 aromatic rings. The summed E-state index contributed by atoms with van der Waals surface area (Å²) in [6.45, 7) is 4.08. The Hall–Kier alpha value is -3.39. The van der Waals surface area contributed by atoms with Crippen LogP contribution in [-0.2, 0) is 0 Å². The van der Waals surface area contributed by atoms with Gasteiger partial charge in [0.1, 0.15) is 17.3 Å². The predicted octanol–water partition coefficient (Wildman–Crippen LogP) is 4.07. The standard InChI is InChI=1S/C20H16N4O/c1-12-6-7-17(25-3)13(2)19(12)24-11-14(9-21)15-10-23-16-5-4-8-22-18(16)20(15)24/h4-8,10-11H,1-3H3. The largest absolute Gasteiger partial charge is 0.496 e. The Morgan fingerprint density at radius 1 is 1.16 bits per heavy atom. The Bertz CT molecular complexity index is 1170. The van der Waals surface area contributed by atoms with Crippen LogP contribution in [0.5, 0.6) is 5.75 Å². The summed E-state index contributed by atoms with van der Waals surface area (Å²) in [5.41, 5.74) is 6.17. The van der Waals surface area contributed by atoms with Crippen LogP contribution < -0.4 is 4.74 Å². The highest BCUT2D eigenvalue weighted by atomic mass is 16.5. The predicted molar refractivity (Wildman–Crippen MR) is 97.1 cm³/mol. The fourth-order valence-corrected chi connectivity index (χ4v) is 3.38. The summed E-state index contributed by atoms with van der Waals surface area (Å²) in [7, 11) is 1.66. The fraction of sp³-hybridized carbons (Fsp3) is 0.150. The van der Waals surface area contributed by atoms with Crippen molar-refractivity contribution in [2.24, 2.45) is 0 Å². The number of benzene rings is 1. The number of aromatic nitrogens is 3. The van der Waals surface area contributed by atoms with Crippen LogP contribution in [0.2, 0.25) is 0 Å². The van der Waals surface area contributed by atoms with Gasteiger partial charge in [-0.15, -0.1) is 0 Å². The van der Waals surface area contributed by atoms with E-state index in [-0.39, 0.29) is 0 Å². The van der Waals surface area contributed by atoms with Crippen molar-refractivity contribution in [3.05, 3.63) is 59.5 Å². The Balaban J connectivity index is 2.20. The van der Waals surface area contributed by atoms with Gasteiger partial charge in [-0.25, -0.2) is 0 Å². The molecule has 0 aliphatic heterocycles. The normalized spacial score (nSPS) is 11.0. The average molecular weight is 328 g/mol. The van der Waals surface area contributed by atoms with Crippen molar-refractivity contribution in [1.29, 1.82) is 5.26 Å². The van der Waals surface area contributed by atoms with Gasteiger partial charge >= 0.3 is 0 Å². The van der Waals surface area contributed by atoms with Gasteiger partial charge in [0, 0.05) is 29.5 Å². The zero-order valence-corrected chi connectivity index (χ0v) is 14.2. The van der Waals surface area contributed by atoms with Crippen LogP contribution >= 0.6 is 0 Å². The minimum atomic E-state index is 0.580. The molecule has 0 amide bonds. The third-order valence-corrected chi connectivity index (χ3v) is 4.55. The number of fused-ring (bicyclic) bond motifs is 3. The molecule has 122 valence electrons. The maximum atomic E-state index is 9.57. The van der Waals surface area contributed by atoms with Crippen molar-refractivity contribution in [2.75, 3.05) is 7.11 Å². The summed E-state index contributed by atoms with van der Waals surface area (Å²) < 4.78 is 7.53. The molecule has 0 aliphatic rings. The molecule has 0 N–H and O–H groups in total. The van der Waals surface area contributed by atoms with Gasteiger partial charge in [0.15, 0.2) is 0 Å². The summed E-state index contributed by atoms with van der Waals surface area (Å²) in [6, 6.07) is 10.0. The Morgan fingerprint density at radius 2 is 2.00 bits per heavy atom. The van der Waals surface area contributed by atoms with E-state index in [1.165, 1.54) is 0 Å². The molecule has 4 rings (SSSR count). The number of ether oxygens (including phenoxy) is 1. The number of methoxy groups -OCH3 is 1. The summed E-state index contributed by atoms with van der Waals surface area (Å²) in [4.78, 5) is 8.97. The first-order valence-corrected chi connectivity index (χ1v) is 7.95. The van der Waals surface area contributed by atoms with Gasteiger partial charge in [0.05, 0.1) is 29.4 Å². The number of rotatable bonds is 2. The van der Waals surface area contributed by atoms with Crippen LogP contribution in [0.25, 0.3) is 27.6 Å². The number of nitriles is 1. The first-order valence-electron chi connectivity index (χ1n) is 7.95. The van der Waals surface area contributed by atoms with E-state index in [2.05, 4.69) is 23.0 Å². The lowest BCUT2D eigenvalue weighted by atomic mass is 10.1. The number of aryl methyl sites for hydroxylation is 1. The minimum absolute atomic E-state index is 0.580. The molecule has 0 saturated carbocycles. The molecule has 0 unspecified atom stereocenters. The van der Waals surface area contributed by atoms with Crippen molar-refractivity contribution >= 4 is 21.9 Å². The molecule has 0 fully saturated rings. The van der Waals surface area contributed by atoms with Crippen LogP contribution in [0, 0.1) is 25.2 Å². The Labute approximate surface area is 145 Å². The van der Waals surface area contributed by atoms with Gasteiger partial charge in [-0.3, -0.25) is 9.97 Å². The van der Waals surface area contributed by atoms with Gasteiger partial charge in [-0.1, -0.05) is 6.07 Å². The molecule has 0 saturated heterocycles. The molecule has 5 heteroatoms. The second-order valence-electron chi connectivity index (χ2n) is 5.97. The van der Waals surface area contributed by atoms with Crippen molar-refractivity contribution in [1.82, 2.24) is 14.5 Å². The highest BCUT2D eigenvalue weighted by molar-refractivity contribution is 6.04. The zero-order chi connectivity index (χ0) is 17.6. The van der Waals surface area contributed by atoms with Crippen molar-refractivity contribution < 1.29 is 4.74 Å². The van der Waals surface area contributed by atoms with Gasteiger partial charge in [0.2, 0.25) is 0 Å². The maximum Gasteiger partial charge on any atom is 0.123 e. The first kappa shape index (κ1) is 15.2. The lowest BCUT2D eigenvalue weighted by Gasteiger charge is -2.16. The lowest BCUT2D eigenvalue weighted by molar-refractivity contribution is 0.411. The van der Waals surface area contributed by atoms with Crippen LogP contribution in [0.1, 0.15) is 16.7 Å². The molecule has 0 radical (unpaired) electrons. The van der Waals surface area contributed by atoms with Gasteiger partial charge < -0.3 is 9.30 Å². The van der Waals surface area contributed by atoms with E-state index in [4.69, 9.17) is 4.74 Å². The Morgan fingerprint density at radius 3 is 2.76 bits per heavy atom. The van der Waals surface area contributed by atoms with E-state index < -0.39 is 0 Å². The molecule has 25 heavy (non-hydrogen) atoms. The third kappa shape index (κ3) is 2.15. The Kier molecular flexibility index (Phi) is 3.40. The quantitative estimate of drug-likeness (QED) is 0.556. The van der Waals surface area contributed by atoms with E-state index in [1.54, 1.807) is 19.5 Å². The van der Waals surface area contributed by atoms with Crippen LogP contribution in [0.15, 0.2) is 42.9 Å².